The van der Waals surface area contributed by atoms with E-state index in [1.807, 2.05) is 24.1 Å². The number of carbonyl (C=O) groups excluding carboxylic acids is 1. The second kappa shape index (κ2) is 4.14. The van der Waals surface area contributed by atoms with Crippen LogP contribution in [-0.2, 0) is 22.5 Å². The van der Waals surface area contributed by atoms with Gasteiger partial charge in [0.2, 0.25) is 0 Å². The number of nitrogens with one attached hydrogen (secondary N) is 1. The van der Waals surface area contributed by atoms with Gasteiger partial charge in [0.05, 0.1) is 7.11 Å². The molecule has 0 spiro atoms. The second-order valence-electron chi connectivity index (χ2n) is 4.79. The second-order valence-corrected chi connectivity index (χ2v) is 4.79. The van der Waals surface area contributed by atoms with Crippen LogP contribution < -0.4 is 0 Å². The fourth-order valence-electron chi connectivity index (χ4n) is 2.73. The number of para-hydroxylation sites is 1. The SMILES string of the molecule is COC(=O)C1Cc2c([nH]c3ccccc23)CN1C. The molecule has 3 rings (SSSR count). The zero-order valence-corrected chi connectivity index (χ0v) is 10.6. The van der Waals surface area contributed by atoms with Gasteiger partial charge in [-0.25, -0.2) is 0 Å². The maximum Gasteiger partial charge on any atom is 0.323 e. The van der Waals surface area contributed by atoms with E-state index in [1.165, 1.54) is 23.8 Å². The van der Waals surface area contributed by atoms with Crippen LogP contribution in [0.5, 0.6) is 0 Å². The van der Waals surface area contributed by atoms with Crippen LogP contribution in [0.2, 0.25) is 0 Å². The minimum absolute atomic E-state index is 0.159. The van der Waals surface area contributed by atoms with E-state index < -0.39 is 0 Å². The fraction of sp³-hybridized carbons (Fsp3) is 0.357. The van der Waals surface area contributed by atoms with Gasteiger partial charge in [-0.3, -0.25) is 9.69 Å². The van der Waals surface area contributed by atoms with Crippen LogP contribution in [0.3, 0.4) is 0 Å². The summed E-state index contributed by atoms with van der Waals surface area (Å²) >= 11 is 0. The number of aromatic nitrogens is 1. The number of aromatic amines is 1. The zero-order chi connectivity index (χ0) is 12.7. The van der Waals surface area contributed by atoms with Gasteiger partial charge in [-0.05, 0) is 18.7 Å². The minimum atomic E-state index is -0.179. The standard InChI is InChI=1S/C14H16N2O2/c1-16-8-12-10(7-13(16)14(17)18-2)9-5-3-4-6-11(9)15-12/h3-6,13,15H,7-8H2,1-2H3. The number of fused-ring (bicyclic) bond motifs is 3. The molecule has 1 N–H and O–H groups in total. The summed E-state index contributed by atoms with van der Waals surface area (Å²) in [5.74, 6) is -0.159. The van der Waals surface area contributed by atoms with E-state index in [1.54, 1.807) is 0 Å². The molecule has 1 aliphatic heterocycles. The summed E-state index contributed by atoms with van der Waals surface area (Å²) in [6.07, 6.45) is 0.711. The van der Waals surface area contributed by atoms with Crippen LogP contribution in [0, 0.1) is 0 Å². The lowest BCUT2D eigenvalue weighted by Crippen LogP contribution is -2.43. The van der Waals surface area contributed by atoms with Crippen molar-refractivity contribution in [1.82, 2.24) is 9.88 Å². The molecule has 0 radical (unpaired) electrons. The first-order valence-electron chi connectivity index (χ1n) is 6.07. The van der Waals surface area contributed by atoms with Crippen LogP contribution in [0.25, 0.3) is 10.9 Å². The summed E-state index contributed by atoms with van der Waals surface area (Å²) in [7, 11) is 3.40. The van der Waals surface area contributed by atoms with Crippen LogP contribution in [0.1, 0.15) is 11.3 Å². The van der Waals surface area contributed by atoms with E-state index in [0.717, 1.165) is 12.1 Å². The molecule has 1 aliphatic rings. The molecule has 1 aromatic heterocycles. The lowest BCUT2D eigenvalue weighted by atomic mass is 9.97. The smallest absolute Gasteiger partial charge is 0.323 e. The van der Waals surface area contributed by atoms with Gasteiger partial charge < -0.3 is 9.72 Å². The Balaban J connectivity index is 2.06. The number of ether oxygens (including phenoxy) is 1. The molecule has 18 heavy (non-hydrogen) atoms. The molecule has 1 atom stereocenters. The van der Waals surface area contributed by atoms with Gasteiger partial charge in [-0.15, -0.1) is 0 Å². The highest BCUT2D eigenvalue weighted by Gasteiger charge is 2.31. The quantitative estimate of drug-likeness (QED) is 0.777. The average Bonchev–Trinajstić information content (AvgIpc) is 2.74. The molecular formula is C14H16N2O2. The first-order chi connectivity index (χ1) is 8.70. The van der Waals surface area contributed by atoms with Crippen molar-refractivity contribution in [3.63, 3.8) is 0 Å². The summed E-state index contributed by atoms with van der Waals surface area (Å²) in [5.41, 5.74) is 3.60. The van der Waals surface area contributed by atoms with Gasteiger partial charge >= 0.3 is 5.97 Å². The number of esters is 1. The highest BCUT2D eigenvalue weighted by molar-refractivity contribution is 5.86. The largest absolute Gasteiger partial charge is 0.468 e. The van der Waals surface area contributed by atoms with E-state index in [0.29, 0.717) is 6.42 Å². The van der Waals surface area contributed by atoms with Gasteiger partial charge in [-0.2, -0.15) is 0 Å². The van der Waals surface area contributed by atoms with Crippen molar-refractivity contribution >= 4 is 16.9 Å². The Morgan fingerprint density at radius 3 is 3.00 bits per heavy atom. The number of rotatable bonds is 1. The summed E-state index contributed by atoms with van der Waals surface area (Å²) < 4.78 is 4.87. The molecule has 0 bridgehead atoms. The van der Waals surface area contributed by atoms with Gasteiger partial charge in [0.25, 0.3) is 0 Å². The van der Waals surface area contributed by atoms with Crippen molar-refractivity contribution in [2.75, 3.05) is 14.2 Å². The van der Waals surface area contributed by atoms with E-state index in [9.17, 15) is 4.79 Å². The van der Waals surface area contributed by atoms with Crippen LogP contribution in [0.4, 0.5) is 0 Å². The number of benzene rings is 1. The van der Waals surface area contributed by atoms with Crippen LogP contribution in [0.15, 0.2) is 24.3 Å². The van der Waals surface area contributed by atoms with E-state index in [4.69, 9.17) is 4.74 Å². The first kappa shape index (κ1) is 11.3. The fourth-order valence-corrected chi connectivity index (χ4v) is 2.73. The van der Waals surface area contributed by atoms with Gasteiger partial charge in [0, 0.05) is 29.6 Å². The normalized spacial score (nSPS) is 19.8. The first-order valence-corrected chi connectivity index (χ1v) is 6.07. The highest BCUT2D eigenvalue weighted by atomic mass is 16.5. The monoisotopic (exact) mass is 244 g/mol. The predicted molar refractivity (Wildman–Crippen MR) is 69.3 cm³/mol. The molecule has 4 heteroatoms. The molecule has 0 fully saturated rings. The summed E-state index contributed by atoms with van der Waals surface area (Å²) in [5, 5.41) is 1.22. The number of nitrogens with zero attached hydrogens (tertiary/aromatic N) is 1. The topological polar surface area (TPSA) is 45.3 Å². The van der Waals surface area contributed by atoms with Crippen molar-refractivity contribution in [1.29, 1.82) is 0 Å². The molecule has 4 nitrogen and oxygen atoms in total. The lowest BCUT2D eigenvalue weighted by Gasteiger charge is -2.30. The Morgan fingerprint density at radius 1 is 1.44 bits per heavy atom. The number of H-pyrrole nitrogens is 1. The van der Waals surface area contributed by atoms with Crippen molar-refractivity contribution in [2.24, 2.45) is 0 Å². The van der Waals surface area contributed by atoms with Gasteiger partial charge in [0.1, 0.15) is 6.04 Å². The molecule has 2 heterocycles. The molecule has 1 aromatic carbocycles. The summed E-state index contributed by atoms with van der Waals surface area (Å²) in [6.45, 7) is 0.754. The lowest BCUT2D eigenvalue weighted by molar-refractivity contribution is -0.147. The molecule has 0 saturated heterocycles. The third kappa shape index (κ3) is 1.61. The maximum absolute atomic E-state index is 11.8. The highest BCUT2D eigenvalue weighted by Crippen LogP contribution is 2.29. The van der Waals surface area contributed by atoms with Crippen LogP contribution in [-0.4, -0.2) is 36.1 Å². The summed E-state index contributed by atoms with van der Waals surface area (Å²) in [6, 6.07) is 8.04. The molecule has 1 unspecified atom stereocenters. The zero-order valence-electron chi connectivity index (χ0n) is 10.6. The predicted octanol–water partition coefficient (Wildman–Crippen LogP) is 1.70. The Bertz CT molecular complexity index is 603. The van der Waals surface area contributed by atoms with E-state index in [2.05, 4.69) is 17.1 Å². The Kier molecular flexibility index (Phi) is 2.59. The molecule has 2 aromatic rings. The Labute approximate surface area is 106 Å². The molecular weight excluding hydrogens is 228 g/mol. The Hall–Kier alpha value is -1.81. The van der Waals surface area contributed by atoms with Crippen molar-refractivity contribution < 1.29 is 9.53 Å². The van der Waals surface area contributed by atoms with Gasteiger partial charge in [-0.1, -0.05) is 18.2 Å². The van der Waals surface area contributed by atoms with Crippen LogP contribution >= 0.6 is 0 Å². The van der Waals surface area contributed by atoms with Crippen molar-refractivity contribution in [3.8, 4) is 0 Å². The molecule has 0 amide bonds. The number of hydrogen-bond donors (Lipinski definition) is 1. The number of carbonyl (C=O) groups is 1. The van der Waals surface area contributed by atoms with Crippen molar-refractivity contribution in [3.05, 3.63) is 35.5 Å². The maximum atomic E-state index is 11.8. The summed E-state index contributed by atoms with van der Waals surface area (Å²) in [4.78, 5) is 17.2. The molecule has 0 saturated carbocycles. The number of methoxy groups -OCH3 is 1. The average molecular weight is 244 g/mol. The van der Waals surface area contributed by atoms with E-state index in [-0.39, 0.29) is 12.0 Å². The third-order valence-corrected chi connectivity index (χ3v) is 3.71. The Morgan fingerprint density at radius 2 is 2.22 bits per heavy atom. The third-order valence-electron chi connectivity index (χ3n) is 3.71. The van der Waals surface area contributed by atoms with E-state index >= 15 is 0 Å². The molecule has 0 aliphatic carbocycles. The minimum Gasteiger partial charge on any atom is -0.468 e. The van der Waals surface area contributed by atoms with Crippen molar-refractivity contribution in [2.45, 2.75) is 19.0 Å². The molecule has 94 valence electrons. The van der Waals surface area contributed by atoms with Gasteiger partial charge in [0.15, 0.2) is 0 Å². The number of likely N-dealkylation sites (N-methyl/N-ethyl adjacent to an activating group) is 1. The number of hydrogen-bond acceptors (Lipinski definition) is 3.